The monoisotopic (exact) mass is 476 g/mol. The molecular formula is C33H36N2O. The Morgan fingerprint density at radius 3 is 2.00 bits per heavy atom. The van der Waals surface area contributed by atoms with Gasteiger partial charge in [-0.15, -0.1) is 0 Å². The van der Waals surface area contributed by atoms with Crippen molar-refractivity contribution in [2.75, 3.05) is 13.1 Å². The summed E-state index contributed by atoms with van der Waals surface area (Å²) in [6.07, 6.45) is 2.11. The van der Waals surface area contributed by atoms with Gasteiger partial charge in [-0.3, -0.25) is 4.99 Å². The molecule has 0 unspecified atom stereocenters. The van der Waals surface area contributed by atoms with Crippen LogP contribution in [0.15, 0.2) is 108 Å². The van der Waals surface area contributed by atoms with Gasteiger partial charge in [-0.1, -0.05) is 99.1 Å². The van der Waals surface area contributed by atoms with Crippen molar-refractivity contribution < 1.29 is 4.74 Å². The Morgan fingerprint density at radius 1 is 0.778 bits per heavy atom. The van der Waals surface area contributed by atoms with Gasteiger partial charge >= 0.3 is 0 Å². The molecular weight excluding hydrogens is 440 g/mol. The molecule has 3 heteroatoms. The summed E-state index contributed by atoms with van der Waals surface area (Å²) in [5, 5.41) is 0. The summed E-state index contributed by atoms with van der Waals surface area (Å²) in [6, 6.07) is 35.7. The number of hydrogen-bond acceptors (Lipinski definition) is 3. The number of amidine groups is 1. The Hall–Kier alpha value is -3.85. The molecule has 0 radical (unpaired) electrons. The SMILES string of the molecule is CCC.Cc1c(Cc2ccccc2)cc(C2=NCCN2Cc2ccccc2)cc1Oc1ccccc1. The van der Waals surface area contributed by atoms with E-state index in [-0.39, 0.29) is 0 Å². The average Bonchev–Trinajstić information content (AvgIpc) is 3.37. The summed E-state index contributed by atoms with van der Waals surface area (Å²) < 4.78 is 6.37. The summed E-state index contributed by atoms with van der Waals surface area (Å²) in [6.45, 7) is 9.01. The summed E-state index contributed by atoms with van der Waals surface area (Å²) in [7, 11) is 0. The van der Waals surface area contributed by atoms with Gasteiger partial charge in [-0.25, -0.2) is 0 Å². The van der Waals surface area contributed by atoms with Gasteiger partial charge in [0.25, 0.3) is 0 Å². The summed E-state index contributed by atoms with van der Waals surface area (Å²) >= 11 is 0. The Balaban J connectivity index is 0.000000967. The molecule has 0 atom stereocenters. The first-order valence-electron chi connectivity index (χ1n) is 12.9. The van der Waals surface area contributed by atoms with Crippen LogP contribution in [0.25, 0.3) is 0 Å². The largest absolute Gasteiger partial charge is 0.457 e. The third-order valence-electron chi connectivity index (χ3n) is 6.08. The average molecular weight is 477 g/mol. The van der Waals surface area contributed by atoms with E-state index in [9.17, 15) is 0 Å². The van der Waals surface area contributed by atoms with Crippen LogP contribution in [-0.2, 0) is 13.0 Å². The number of hydrogen-bond donors (Lipinski definition) is 0. The van der Waals surface area contributed by atoms with E-state index in [1.165, 1.54) is 28.7 Å². The highest BCUT2D eigenvalue weighted by Crippen LogP contribution is 2.31. The number of para-hydroxylation sites is 1. The first-order valence-corrected chi connectivity index (χ1v) is 12.9. The second-order valence-electron chi connectivity index (χ2n) is 9.16. The molecule has 184 valence electrons. The number of nitrogens with zero attached hydrogens (tertiary/aromatic N) is 2. The van der Waals surface area contributed by atoms with Crippen molar-refractivity contribution in [2.45, 2.75) is 40.2 Å². The van der Waals surface area contributed by atoms with Crippen LogP contribution in [0.2, 0.25) is 0 Å². The van der Waals surface area contributed by atoms with Gasteiger partial charge in [0.1, 0.15) is 17.3 Å². The summed E-state index contributed by atoms with van der Waals surface area (Å²) in [5.41, 5.74) is 6.13. The van der Waals surface area contributed by atoms with Crippen LogP contribution in [0.1, 0.15) is 48.1 Å². The van der Waals surface area contributed by atoms with Crippen molar-refractivity contribution in [1.82, 2.24) is 4.90 Å². The lowest BCUT2D eigenvalue weighted by Gasteiger charge is -2.22. The van der Waals surface area contributed by atoms with Crippen molar-refractivity contribution >= 4 is 5.84 Å². The first-order chi connectivity index (χ1) is 17.7. The molecule has 0 spiro atoms. The van der Waals surface area contributed by atoms with Gasteiger partial charge < -0.3 is 9.64 Å². The molecule has 1 aliphatic heterocycles. The minimum Gasteiger partial charge on any atom is -0.457 e. The smallest absolute Gasteiger partial charge is 0.131 e. The van der Waals surface area contributed by atoms with Crippen molar-refractivity contribution in [2.24, 2.45) is 4.99 Å². The maximum Gasteiger partial charge on any atom is 0.131 e. The highest BCUT2D eigenvalue weighted by Gasteiger charge is 2.21. The van der Waals surface area contributed by atoms with Crippen molar-refractivity contribution in [3.05, 3.63) is 131 Å². The first kappa shape index (κ1) is 25.2. The standard InChI is InChI=1S/C30H28N2O.C3H8/c1-23-26(19-24-11-5-2-6-12-24)20-27(21-29(23)33-28-15-9-4-10-16-28)30-31-17-18-32(30)22-25-13-7-3-8-14-25;1-3-2/h2-16,20-21H,17-19,22H2,1H3;3H2,1-2H3. The normalized spacial score (nSPS) is 12.5. The maximum absolute atomic E-state index is 6.37. The molecule has 4 aromatic rings. The summed E-state index contributed by atoms with van der Waals surface area (Å²) in [4.78, 5) is 7.27. The topological polar surface area (TPSA) is 24.8 Å². The predicted molar refractivity (Wildman–Crippen MR) is 151 cm³/mol. The van der Waals surface area contributed by atoms with Crippen LogP contribution in [0.5, 0.6) is 11.5 Å². The van der Waals surface area contributed by atoms with Crippen LogP contribution in [-0.4, -0.2) is 23.8 Å². The van der Waals surface area contributed by atoms with E-state index in [4.69, 9.17) is 9.73 Å². The fourth-order valence-corrected chi connectivity index (χ4v) is 4.31. The molecule has 5 rings (SSSR count). The van der Waals surface area contributed by atoms with E-state index in [2.05, 4.69) is 98.5 Å². The molecule has 0 aliphatic carbocycles. The van der Waals surface area contributed by atoms with Gasteiger partial charge in [0.15, 0.2) is 0 Å². The fraction of sp³-hybridized carbons (Fsp3) is 0.242. The molecule has 0 fully saturated rings. The van der Waals surface area contributed by atoms with Crippen LogP contribution in [0.4, 0.5) is 0 Å². The zero-order valence-corrected chi connectivity index (χ0v) is 21.7. The lowest BCUT2D eigenvalue weighted by Crippen LogP contribution is -2.28. The zero-order chi connectivity index (χ0) is 25.2. The van der Waals surface area contributed by atoms with Crippen LogP contribution < -0.4 is 4.74 Å². The molecule has 0 bridgehead atoms. The molecule has 0 aromatic heterocycles. The molecule has 0 amide bonds. The van der Waals surface area contributed by atoms with Gasteiger partial charge in [0, 0.05) is 18.7 Å². The molecule has 4 aromatic carbocycles. The number of rotatable bonds is 7. The van der Waals surface area contributed by atoms with Crippen LogP contribution >= 0.6 is 0 Å². The lowest BCUT2D eigenvalue weighted by molar-refractivity contribution is 0.452. The second-order valence-corrected chi connectivity index (χ2v) is 9.16. The third-order valence-corrected chi connectivity index (χ3v) is 6.08. The van der Waals surface area contributed by atoms with Gasteiger partial charge in [0.2, 0.25) is 0 Å². The Labute approximate surface area is 216 Å². The van der Waals surface area contributed by atoms with Crippen molar-refractivity contribution in [3.8, 4) is 11.5 Å². The summed E-state index contributed by atoms with van der Waals surface area (Å²) in [5.74, 6) is 2.78. The van der Waals surface area contributed by atoms with Gasteiger partial charge in [-0.2, -0.15) is 0 Å². The van der Waals surface area contributed by atoms with E-state index in [1.807, 2.05) is 30.3 Å². The van der Waals surface area contributed by atoms with E-state index < -0.39 is 0 Å². The van der Waals surface area contributed by atoms with Crippen LogP contribution in [0.3, 0.4) is 0 Å². The Morgan fingerprint density at radius 2 is 1.36 bits per heavy atom. The predicted octanol–water partition coefficient (Wildman–Crippen LogP) is 8.06. The molecule has 0 saturated carbocycles. The Bertz CT molecular complexity index is 1190. The van der Waals surface area contributed by atoms with E-state index in [0.717, 1.165) is 49.0 Å². The quantitative estimate of drug-likeness (QED) is 0.269. The zero-order valence-electron chi connectivity index (χ0n) is 21.7. The number of benzene rings is 4. The van der Waals surface area contributed by atoms with Gasteiger partial charge in [0.05, 0.1) is 6.54 Å². The number of ether oxygens (including phenoxy) is 1. The van der Waals surface area contributed by atoms with E-state index in [1.54, 1.807) is 0 Å². The molecule has 0 saturated heterocycles. The Kier molecular flexibility index (Phi) is 8.93. The highest BCUT2D eigenvalue weighted by atomic mass is 16.5. The maximum atomic E-state index is 6.37. The van der Waals surface area contributed by atoms with E-state index in [0.29, 0.717) is 0 Å². The second kappa shape index (κ2) is 12.7. The van der Waals surface area contributed by atoms with Crippen LogP contribution in [0, 0.1) is 6.92 Å². The fourth-order valence-electron chi connectivity index (χ4n) is 4.31. The number of aliphatic imine (C=N–C) groups is 1. The van der Waals surface area contributed by atoms with Crippen molar-refractivity contribution in [3.63, 3.8) is 0 Å². The molecule has 1 aliphatic rings. The molecule has 1 heterocycles. The lowest BCUT2D eigenvalue weighted by atomic mass is 9.96. The van der Waals surface area contributed by atoms with E-state index >= 15 is 0 Å². The van der Waals surface area contributed by atoms with Crippen molar-refractivity contribution in [1.29, 1.82) is 0 Å². The highest BCUT2D eigenvalue weighted by molar-refractivity contribution is 6.00. The minimum atomic E-state index is 0.818. The molecule has 36 heavy (non-hydrogen) atoms. The molecule has 3 nitrogen and oxygen atoms in total. The van der Waals surface area contributed by atoms with Gasteiger partial charge in [-0.05, 0) is 59.9 Å². The molecule has 0 N–H and O–H groups in total. The minimum absolute atomic E-state index is 0.818. The third kappa shape index (κ3) is 6.63.